The standard InChI is InChI=1S/C11H13N5O2/c12-10-9(13-3-4-14-10)11-15-8(16-18-11)6-7-2-1-5-17-7/h3-4,7H,1-2,5-6H2,(H2,12,14). The number of nitrogen functional groups attached to an aromatic ring is 1. The molecule has 18 heavy (non-hydrogen) atoms. The van der Waals surface area contributed by atoms with Crippen molar-refractivity contribution in [1.29, 1.82) is 0 Å². The summed E-state index contributed by atoms with van der Waals surface area (Å²) in [6, 6.07) is 0. The molecule has 7 nitrogen and oxygen atoms in total. The zero-order valence-electron chi connectivity index (χ0n) is 9.74. The number of nitrogens with two attached hydrogens (primary N) is 1. The van der Waals surface area contributed by atoms with Gasteiger partial charge < -0.3 is 15.0 Å². The summed E-state index contributed by atoms with van der Waals surface area (Å²) < 4.78 is 10.7. The summed E-state index contributed by atoms with van der Waals surface area (Å²) in [6.45, 7) is 0.812. The third-order valence-electron chi connectivity index (χ3n) is 2.83. The van der Waals surface area contributed by atoms with Crippen molar-refractivity contribution in [3.63, 3.8) is 0 Å². The summed E-state index contributed by atoms with van der Waals surface area (Å²) >= 11 is 0. The largest absolute Gasteiger partial charge is 0.382 e. The van der Waals surface area contributed by atoms with Gasteiger partial charge in [-0.15, -0.1) is 0 Å². The number of nitrogens with zero attached hydrogens (tertiary/aromatic N) is 4. The van der Waals surface area contributed by atoms with E-state index in [0.717, 1.165) is 19.4 Å². The number of aromatic nitrogens is 4. The lowest BCUT2D eigenvalue weighted by Gasteiger charge is -2.03. The molecule has 0 bridgehead atoms. The lowest BCUT2D eigenvalue weighted by Crippen LogP contribution is -2.09. The molecule has 94 valence electrons. The molecule has 2 N–H and O–H groups in total. The second-order valence-electron chi connectivity index (χ2n) is 4.15. The molecule has 7 heteroatoms. The van der Waals surface area contributed by atoms with Crippen LogP contribution in [0.1, 0.15) is 18.7 Å². The van der Waals surface area contributed by atoms with Crippen molar-refractivity contribution in [3.8, 4) is 11.6 Å². The minimum atomic E-state index is 0.189. The van der Waals surface area contributed by atoms with E-state index in [4.69, 9.17) is 15.0 Å². The van der Waals surface area contributed by atoms with Gasteiger partial charge in [0.2, 0.25) is 0 Å². The fourth-order valence-electron chi connectivity index (χ4n) is 1.96. The highest BCUT2D eigenvalue weighted by Gasteiger charge is 2.20. The highest BCUT2D eigenvalue weighted by Crippen LogP contribution is 2.21. The first-order valence-corrected chi connectivity index (χ1v) is 5.84. The fraction of sp³-hybridized carbons (Fsp3) is 0.455. The zero-order chi connectivity index (χ0) is 12.4. The molecular formula is C11H13N5O2. The first kappa shape index (κ1) is 11.1. The van der Waals surface area contributed by atoms with Crippen LogP contribution in [0.15, 0.2) is 16.9 Å². The Morgan fingerprint density at radius 3 is 3.00 bits per heavy atom. The predicted octanol–water partition coefficient (Wildman–Crippen LogP) is 0.830. The average molecular weight is 247 g/mol. The third-order valence-corrected chi connectivity index (χ3v) is 2.83. The summed E-state index contributed by atoms with van der Waals surface area (Å²) in [5, 5.41) is 3.91. The lowest BCUT2D eigenvalue weighted by molar-refractivity contribution is 0.109. The summed E-state index contributed by atoms with van der Waals surface area (Å²) in [7, 11) is 0. The molecule has 1 aliphatic rings. The van der Waals surface area contributed by atoms with Gasteiger partial charge in [-0.05, 0) is 12.8 Å². The van der Waals surface area contributed by atoms with Crippen LogP contribution in [-0.2, 0) is 11.2 Å². The van der Waals surface area contributed by atoms with E-state index in [0.29, 0.717) is 23.8 Å². The van der Waals surface area contributed by atoms with E-state index in [2.05, 4.69) is 20.1 Å². The van der Waals surface area contributed by atoms with Gasteiger partial charge >= 0.3 is 0 Å². The Kier molecular flexibility index (Phi) is 2.89. The van der Waals surface area contributed by atoms with Gasteiger partial charge in [-0.1, -0.05) is 5.16 Å². The first-order chi connectivity index (χ1) is 8.83. The van der Waals surface area contributed by atoms with Gasteiger partial charge in [0.05, 0.1) is 6.10 Å². The van der Waals surface area contributed by atoms with E-state index >= 15 is 0 Å². The Bertz CT molecular complexity index is 536. The van der Waals surface area contributed by atoms with Gasteiger partial charge in [-0.25, -0.2) is 9.97 Å². The Balaban J connectivity index is 1.79. The minimum absolute atomic E-state index is 0.189. The van der Waals surface area contributed by atoms with Gasteiger partial charge in [0, 0.05) is 25.4 Å². The van der Waals surface area contributed by atoms with Crippen LogP contribution in [0, 0.1) is 0 Å². The summed E-state index contributed by atoms with van der Waals surface area (Å²) in [5.41, 5.74) is 6.12. The molecule has 2 aromatic heterocycles. The molecule has 2 aromatic rings. The number of hydrogen-bond donors (Lipinski definition) is 1. The summed E-state index contributed by atoms with van der Waals surface area (Å²) in [4.78, 5) is 12.3. The first-order valence-electron chi connectivity index (χ1n) is 5.84. The number of ether oxygens (including phenoxy) is 1. The second-order valence-corrected chi connectivity index (χ2v) is 4.15. The fourth-order valence-corrected chi connectivity index (χ4v) is 1.96. The van der Waals surface area contributed by atoms with Crippen molar-refractivity contribution in [2.24, 2.45) is 0 Å². The van der Waals surface area contributed by atoms with Crippen molar-refractivity contribution in [2.75, 3.05) is 12.3 Å². The lowest BCUT2D eigenvalue weighted by atomic mass is 10.2. The molecule has 1 fully saturated rings. The van der Waals surface area contributed by atoms with E-state index in [1.54, 1.807) is 0 Å². The van der Waals surface area contributed by atoms with E-state index in [-0.39, 0.29) is 11.9 Å². The zero-order valence-corrected chi connectivity index (χ0v) is 9.74. The van der Waals surface area contributed by atoms with Gasteiger partial charge in [0.15, 0.2) is 17.3 Å². The molecule has 3 rings (SSSR count). The Labute approximate surface area is 103 Å². The molecule has 0 saturated carbocycles. The van der Waals surface area contributed by atoms with Crippen molar-refractivity contribution < 1.29 is 9.26 Å². The van der Waals surface area contributed by atoms with Crippen LogP contribution in [0.3, 0.4) is 0 Å². The molecule has 0 spiro atoms. The number of rotatable bonds is 3. The Hall–Kier alpha value is -2.02. The molecule has 0 amide bonds. The van der Waals surface area contributed by atoms with Crippen LogP contribution in [0.25, 0.3) is 11.6 Å². The number of hydrogen-bond acceptors (Lipinski definition) is 7. The van der Waals surface area contributed by atoms with Crippen molar-refractivity contribution in [2.45, 2.75) is 25.4 Å². The maximum absolute atomic E-state index is 5.70. The van der Waals surface area contributed by atoms with Gasteiger partial charge in [0.25, 0.3) is 5.89 Å². The maximum atomic E-state index is 5.70. The van der Waals surface area contributed by atoms with Gasteiger partial charge in [-0.2, -0.15) is 4.98 Å². The van der Waals surface area contributed by atoms with Crippen molar-refractivity contribution in [3.05, 3.63) is 18.2 Å². The van der Waals surface area contributed by atoms with Crippen LogP contribution in [0.4, 0.5) is 5.82 Å². The van der Waals surface area contributed by atoms with Crippen molar-refractivity contribution in [1.82, 2.24) is 20.1 Å². The smallest absolute Gasteiger partial charge is 0.280 e. The van der Waals surface area contributed by atoms with Crippen LogP contribution in [0.2, 0.25) is 0 Å². The topological polar surface area (TPSA) is 100.0 Å². The van der Waals surface area contributed by atoms with Gasteiger partial charge in [0.1, 0.15) is 0 Å². The molecule has 1 atom stereocenters. The molecule has 1 aliphatic heterocycles. The highest BCUT2D eigenvalue weighted by atomic mass is 16.5. The summed E-state index contributed by atoms with van der Waals surface area (Å²) in [5.74, 6) is 1.19. The normalized spacial score (nSPS) is 19.2. The van der Waals surface area contributed by atoms with Crippen molar-refractivity contribution >= 4 is 5.82 Å². The number of anilines is 1. The Morgan fingerprint density at radius 1 is 1.33 bits per heavy atom. The quantitative estimate of drug-likeness (QED) is 0.857. The molecule has 0 radical (unpaired) electrons. The Morgan fingerprint density at radius 2 is 2.22 bits per heavy atom. The second kappa shape index (κ2) is 4.69. The molecular weight excluding hydrogens is 234 g/mol. The maximum Gasteiger partial charge on any atom is 0.280 e. The SMILES string of the molecule is Nc1nccnc1-c1nc(CC2CCCO2)no1. The van der Waals surface area contributed by atoms with E-state index in [9.17, 15) is 0 Å². The predicted molar refractivity (Wildman–Crippen MR) is 62.4 cm³/mol. The van der Waals surface area contributed by atoms with E-state index in [1.165, 1.54) is 12.4 Å². The average Bonchev–Trinajstić information content (AvgIpc) is 3.02. The molecule has 1 saturated heterocycles. The monoisotopic (exact) mass is 247 g/mol. The van der Waals surface area contributed by atoms with Crippen LogP contribution in [0.5, 0.6) is 0 Å². The van der Waals surface area contributed by atoms with Crippen LogP contribution in [-0.4, -0.2) is 32.8 Å². The molecule has 3 heterocycles. The molecule has 1 unspecified atom stereocenters. The van der Waals surface area contributed by atoms with E-state index in [1.807, 2.05) is 0 Å². The van der Waals surface area contributed by atoms with Crippen LogP contribution < -0.4 is 5.73 Å². The van der Waals surface area contributed by atoms with Gasteiger partial charge in [-0.3, -0.25) is 0 Å². The summed E-state index contributed by atoms with van der Waals surface area (Å²) in [6.07, 6.45) is 6.03. The highest BCUT2D eigenvalue weighted by molar-refractivity contribution is 5.61. The third kappa shape index (κ3) is 2.17. The molecule has 0 aliphatic carbocycles. The molecule has 0 aromatic carbocycles. The van der Waals surface area contributed by atoms with E-state index < -0.39 is 0 Å². The van der Waals surface area contributed by atoms with Crippen LogP contribution >= 0.6 is 0 Å². The minimum Gasteiger partial charge on any atom is -0.382 e.